The Labute approximate surface area is 115 Å². The molecule has 0 aliphatic carbocycles. The van der Waals surface area contributed by atoms with Gasteiger partial charge in [-0.05, 0) is 35.7 Å². The maximum atomic E-state index is 9.15. The van der Waals surface area contributed by atoms with Crippen LogP contribution in [0.15, 0.2) is 18.2 Å². The second-order valence-electron chi connectivity index (χ2n) is 6.10. The first-order valence-electron chi connectivity index (χ1n) is 6.17. The van der Waals surface area contributed by atoms with Crippen molar-refractivity contribution in [2.24, 2.45) is 0 Å². The number of hydrogen-bond donors (Lipinski definition) is 2. The molecule has 1 aromatic rings. The van der Waals surface area contributed by atoms with Crippen molar-refractivity contribution in [3.8, 4) is 11.8 Å². The molecule has 0 fully saturated rings. The van der Waals surface area contributed by atoms with Crippen LogP contribution >= 0.6 is 0 Å². The topological polar surface area (TPSA) is 73.5 Å². The molecule has 4 nitrogen and oxygen atoms in total. The Morgan fingerprint density at radius 2 is 1.84 bits per heavy atom. The Hall–Kier alpha value is -1.29. The average Bonchev–Trinajstić information content (AvgIpc) is 2.27. The summed E-state index contributed by atoms with van der Waals surface area (Å²) >= 11 is 0. The van der Waals surface area contributed by atoms with Gasteiger partial charge in [-0.1, -0.05) is 26.8 Å². The van der Waals surface area contributed by atoms with Crippen molar-refractivity contribution in [3.63, 3.8) is 0 Å². The van der Waals surface area contributed by atoms with E-state index in [1.54, 1.807) is 12.1 Å². The molecule has 0 radical (unpaired) electrons. The Morgan fingerprint density at radius 1 is 1.26 bits per heavy atom. The summed E-state index contributed by atoms with van der Waals surface area (Å²) in [5, 5.41) is 27.4. The van der Waals surface area contributed by atoms with Crippen molar-refractivity contribution in [3.05, 3.63) is 23.8 Å². The molecular formula is C13H20BNO3Si. The van der Waals surface area contributed by atoms with Crippen molar-refractivity contribution in [2.45, 2.75) is 38.9 Å². The van der Waals surface area contributed by atoms with E-state index in [1.807, 2.05) is 6.07 Å². The third-order valence-electron chi connectivity index (χ3n) is 3.59. The first-order chi connectivity index (χ1) is 8.58. The van der Waals surface area contributed by atoms with Gasteiger partial charge in [0.1, 0.15) is 11.8 Å². The van der Waals surface area contributed by atoms with Crippen LogP contribution in [0.25, 0.3) is 0 Å². The molecule has 0 bridgehead atoms. The Balaban J connectivity index is 3.13. The van der Waals surface area contributed by atoms with Crippen molar-refractivity contribution in [1.82, 2.24) is 0 Å². The van der Waals surface area contributed by atoms with Gasteiger partial charge in [-0.15, -0.1) is 0 Å². The van der Waals surface area contributed by atoms with Crippen LogP contribution in [-0.4, -0.2) is 25.5 Å². The highest BCUT2D eigenvalue weighted by Crippen LogP contribution is 2.37. The summed E-state index contributed by atoms with van der Waals surface area (Å²) in [5.41, 5.74) is 0.620. The fraction of sp³-hybridized carbons (Fsp3) is 0.462. The van der Waals surface area contributed by atoms with Crippen LogP contribution in [0.5, 0.6) is 5.75 Å². The highest BCUT2D eigenvalue weighted by atomic mass is 28.4. The molecule has 0 unspecified atom stereocenters. The summed E-state index contributed by atoms with van der Waals surface area (Å²) in [4.78, 5) is 0. The Bertz CT molecular complexity index is 504. The quantitative estimate of drug-likeness (QED) is 0.823. The van der Waals surface area contributed by atoms with E-state index in [4.69, 9.17) is 19.7 Å². The van der Waals surface area contributed by atoms with E-state index in [1.165, 1.54) is 6.07 Å². The standard InChI is InChI=1S/C13H20BNO3Si/c1-13(2,3)19(4,5)18-12-7-6-11(14(16)17)8-10(12)9-15/h6-8,16-17H,1-5H3. The van der Waals surface area contributed by atoms with E-state index in [9.17, 15) is 0 Å². The summed E-state index contributed by atoms with van der Waals surface area (Å²) < 4.78 is 6.08. The summed E-state index contributed by atoms with van der Waals surface area (Å²) in [5.74, 6) is 0.512. The van der Waals surface area contributed by atoms with Gasteiger partial charge in [0.05, 0.1) is 5.56 Å². The Kier molecular flexibility index (Phi) is 4.46. The second-order valence-corrected chi connectivity index (χ2v) is 10.8. The van der Waals surface area contributed by atoms with Crippen molar-refractivity contribution >= 4 is 20.9 Å². The van der Waals surface area contributed by atoms with Crippen LogP contribution < -0.4 is 9.89 Å². The molecule has 6 heteroatoms. The molecule has 102 valence electrons. The van der Waals surface area contributed by atoms with Crippen LogP contribution in [0.1, 0.15) is 26.3 Å². The zero-order chi connectivity index (χ0) is 14.8. The van der Waals surface area contributed by atoms with Crippen molar-refractivity contribution < 1.29 is 14.5 Å². The molecule has 0 aromatic heterocycles. The molecule has 0 spiro atoms. The average molecular weight is 277 g/mol. The fourth-order valence-corrected chi connectivity index (χ4v) is 2.35. The maximum Gasteiger partial charge on any atom is 0.488 e. The van der Waals surface area contributed by atoms with Crippen LogP contribution in [0.2, 0.25) is 18.1 Å². The van der Waals surface area contributed by atoms with Crippen molar-refractivity contribution in [2.75, 3.05) is 0 Å². The summed E-state index contributed by atoms with van der Waals surface area (Å²) in [6.07, 6.45) is 0. The van der Waals surface area contributed by atoms with E-state index in [0.29, 0.717) is 16.8 Å². The second kappa shape index (κ2) is 5.37. The fourth-order valence-electron chi connectivity index (χ4n) is 1.31. The van der Waals surface area contributed by atoms with Gasteiger partial charge < -0.3 is 14.5 Å². The molecule has 0 aliphatic rings. The molecule has 0 aliphatic heterocycles. The first-order valence-corrected chi connectivity index (χ1v) is 9.08. The highest BCUT2D eigenvalue weighted by molar-refractivity contribution is 6.74. The lowest BCUT2D eigenvalue weighted by atomic mass is 9.79. The number of nitriles is 1. The minimum atomic E-state index is -2.01. The van der Waals surface area contributed by atoms with Gasteiger partial charge in [-0.3, -0.25) is 0 Å². The summed E-state index contributed by atoms with van der Waals surface area (Å²) in [6, 6.07) is 6.69. The van der Waals surface area contributed by atoms with E-state index in [-0.39, 0.29) is 5.04 Å². The van der Waals surface area contributed by atoms with Gasteiger partial charge in [0.15, 0.2) is 0 Å². The van der Waals surface area contributed by atoms with Crippen LogP contribution in [0, 0.1) is 11.3 Å². The van der Waals surface area contributed by atoms with Crippen LogP contribution in [0.3, 0.4) is 0 Å². The lowest BCUT2D eigenvalue weighted by Crippen LogP contribution is -2.44. The monoisotopic (exact) mass is 277 g/mol. The molecule has 1 aromatic carbocycles. The third-order valence-corrected chi connectivity index (χ3v) is 7.94. The van der Waals surface area contributed by atoms with E-state index >= 15 is 0 Å². The van der Waals surface area contributed by atoms with Gasteiger partial charge >= 0.3 is 7.12 Å². The number of rotatable bonds is 3. The summed E-state index contributed by atoms with van der Waals surface area (Å²) in [7, 11) is -3.59. The van der Waals surface area contributed by atoms with Crippen LogP contribution in [0.4, 0.5) is 0 Å². The summed E-state index contributed by atoms with van der Waals surface area (Å²) in [6.45, 7) is 10.6. The predicted molar refractivity (Wildman–Crippen MR) is 78.8 cm³/mol. The van der Waals surface area contributed by atoms with Gasteiger partial charge in [-0.25, -0.2) is 0 Å². The highest BCUT2D eigenvalue weighted by Gasteiger charge is 2.39. The SMILES string of the molecule is CC(C)(C)[Si](C)(C)Oc1ccc(B(O)O)cc1C#N. The minimum Gasteiger partial charge on any atom is -0.543 e. The smallest absolute Gasteiger partial charge is 0.488 e. The molecule has 2 N–H and O–H groups in total. The molecule has 1 rings (SSSR count). The lowest BCUT2D eigenvalue weighted by Gasteiger charge is -2.36. The maximum absolute atomic E-state index is 9.15. The zero-order valence-electron chi connectivity index (χ0n) is 12.1. The molecule has 19 heavy (non-hydrogen) atoms. The van der Waals surface area contributed by atoms with Crippen molar-refractivity contribution in [1.29, 1.82) is 5.26 Å². The Morgan fingerprint density at radius 3 is 2.26 bits per heavy atom. The zero-order valence-corrected chi connectivity index (χ0v) is 13.1. The number of nitrogens with zero attached hydrogens (tertiary/aromatic N) is 1. The number of hydrogen-bond acceptors (Lipinski definition) is 4. The molecule has 0 heterocycles. The van der Waals surface area contributed by atoms with E-state index in [0.717, 1.165) is 0 Å². The van der Waals surface area contributed by atoms with Gasteiger partial charge in [0.25, 0.3) is 8.32 Å². The molecule has 0 saturated carbocycles. The first kappa shape index (κ1) is 15.8. The normalized spacial score (nSPS) is 11.9. The predicted octanol–water partition coefficient (Wildman–Crippen LogP) is 1.62. The molecular weight excluding hydrogens is 257 g/mol. The van der Waals surface area contributed by atoms with Gasteiger partial charge in [0, 0.05) is 0 Å². The molecule has 0 atom stereocenters. The van der Waals surface area contributed by atoms with E-state index in [2.05, 4.69) is 33.9 Å². The molecule has 0 amide bonds. The van der Waals surface area contributed by atoms with Gasteiger partial charge in [-0.2, -0.15) is 5.26 Å². The third kappa shape index (κ3) is 3.60. The number of benzene rings is 1. The molecule has 0 saturated heterocycles. The van der Waals surface area contributed by atoms with Crippen LogP contribution in [-0.2, 0) is 0 Å². The largest absolute Gasteiger partial charge is 0.543 e. The minimum absolute atomic E-state index is 0.0366. The lowest BCUT2D eigenvalue weighted by molar-refractivity contribution is 0.425. The van der Waals surface area contributed by atoms with E-state index < -0.39 is 15.4 Å². The van der Waals surface area contributed by atoms with Gasteiger partial charge in [0.2, 0.25) is 0 Å².